The maximum atomic E-state index is 13.3. The second-order valence-corrected chi connectivity index (χ2v) is 10.5. The van der Waals surface area contributed by atoms with Crippen LogP contribution < -0.4 is 0 Å². The summed E-state index contributed by atoms with van der Waals surface area (Å²) < 4.78 is 11.3. The van der Waals surface area contributed by atoms with Crippen LogP contribution in [0.2, 0.25) is 0 Å². The number of carbonyl (C=O) groups excluding carboxylic acids is 2. The highest BCUT2D eigenvalue weighted by molar-refractivity contribution is 5.87. The minimum atomic E-state index is -0.207. The molecule has 1 heterocycles. The first-order valence-electron chi connectivity index (χ1n) is 10.8. The second-order valence-electron chi connectivity index (χ2n) is 10.5. The Morgan fingerprint density at radius 1 is 1.19 bits per heavy atom. The zero-order valence-corrected chi connectivity index (χ0v) is 17.0. The SMILES string of the molecule is COC(=O)N1CC2(C)CCCC3(C1)C1C[C@@H]4CC[C@@]1(C[C@@H](OC)[C@H]23)C(=O)C4. The van der Waals surface area contributed by atoms with Crippen LogP contribution in [0, 0.1) is 34.0 Å². The number of nitrogens with zero attached hydrogens (tertiary/aromatic N) is 1. The third-order valence-electron chi connectivity index (χ3n) is 9.43. The standard InChI is InChI=1S/C22H33NO4/c1-20-6-4-7-22(13-23(12-20)19(25)27-3)16-9-14-5-8-21(16,17(24)10-14)11-15(26-2)18(20)22/h14-16,18H,4-13H2,1-3H3/t14-,15+,16?,18+,20?,21-,22?/m0/s1. The minimum Gasteiger partial charge on any atom is -0.453 e. The number of ether oxygens (including phenoxy) is 2. The maximum absolute atomic E-state index is 13.3. The lowest BCUT2D eigenvalue weighted by Gasteiger charge is -2.72. The lowest BCUT2D eigenvalue weighted by molar-refractivity contribution is -0.253. The molecule has 5 heteroatoms. The van der Waals surface area contributed by atoms with E-state index in [0.717, 1.165) is 45.2 Å². The van der Waals surface area contributed by atoms with Crippen molar-refractivity contribution in [2.24, 2.45) is 34.0 Å². The van der Waals surface area contributed by atoms with Gasteiger partial charge in [-0.15, -0.1) is 0 Å². The summed E-state index contributed by atoms with van der Waals surface area (Å²) in [5.74, 6) is 1.90. The van der Waals surface area contributed by atoms with Gasteiger partial charge in [0.25, 0.3) is 0 Å². The lowest BCUT2D eigenvalue weighted by atomic mass is 9.35. The quantitative estimate of drug-likeness (QED) is 0.702. The number of carbonyl (C=O) groups is 2. The van der Waals surface area contributed by atoms with Crippen LogP contribution in [-0.4, -0.2) is 50.2 Å². The molecule has 3 unspecified atom stereocenters. The zero-order chi connectivity index (χ0) is 19.0. The van der Waals surface area contributed by atoms with Crippen LogP contribution in [0.3, 0.4) is 0 Å². The molecule has 150 valence electrons. The number of fused-ring (bicyclic) bond motifs is 2. The highest BCUT2D eigenvalue weighted by Gasteiger charge is 2.72. The van der Waals surface area contributed by atoms with E-state index in [2.05, 4.69) is 6.92 Å². The molecule has 5 nitrogen and oxygen atoms in total. The Kier molecular flexibility index (Phi) is 3.80. The molecular formula is C22H33NO4. The number of rotatable bonds is 1. The van der Waals surface area contributed by atoms with Gasteiger partial charge in [0.1, 0.15) is 5.78 Å². The van der Waals surface area contributed by atoms with Crippen LogP contribution in [0.25, 0.3) is 0 Å². The van der Waals surface area contributed by atoms with Gasteiger partial charge in [0.05, 0.1) is 13.2 Å². The van der Waals surface area contributed by atoms with E-state index >= 15 is 0 Å². The molecule has 1 amide bonds. The Bertz CT molecular complexity index is 679. The second kappa shape index (κ2) is 5.71. The van der Waals surface area contributed by atoms with Crippen LogP contribution in [0.15, 0.2) is 0 Å². The summed E-state index contributed by atoms with van der Waals surface area (Å²) >= 11 is 0. The van der Waals surface area contributed by atoms with Gasteiger partial charge in [-0.25, -0.2) is 4.79 Å². The fourth-order valence-corrected chi connectivity index (χ4v) is 8.74. The Labute approximate surface area is 162 Å². The number of hydrogen-bond donors (Lipinski definition) is 0. The van der Waals surface area contributed by atoms with Crippen molar-refractivity contribution in [3.63, 3.8) is 0 Å². The van der Waals surface area contributed by atoms with E-state index in [4.69, 9.17) is 9.47 Å². The lowest BCUT2D eigenvalue weighted by Crippen LogP contribution is -2.74. The number of likely N-dealkylation sites (tertiary alicyclic amines) is 1. The topological polar surface area (TPSA) is 55.8 Å². The van der Waals surface area contributed by atoms with E-state index in [0.29, 0.717) is 23.5 Å². The van der Waals surface area contributed by atoms with Crippen molar-refractivity contribution in [1.82, 2.24) is 4.90 Å². The first-order valence-corrected chi connectivity index (χ1v) is 10.8. The third kappa shape index (κ3) is 2.15. The number of Topliss-reactive ketones (excluding diaryl/α,β-unsaturated/α-hetero) is 1. The van der Waals surface area contributed by atoms with Crippen molar-refractivity contribution in [2.45, 2.75) is 64.4 Å². The average Bonchev–Trinajstić information content (AvgIpc) is 2.65. The average molecular weight is 376 g/mol. The van der Waals surface area contributed by atoms with Crippen LogP contribution in [0.1, 0.15) is 58.3 Å². The highest BCUT2D eigenvalue weighted by atomic mass is 16.5. The molecule has 5 saturated carbocycles. The minimum absolute atomic E-state index is 0.00706. The summed E-state index contributed by atoms with van der Waals surface area (Å²) in [4.78, 5) is 27.8. The van der Waals surface area contributed by atoms with Crippen molar-refractivity contribution in [3.05, 3.63) is 0 Å². The van der Waals surface area contributed by atoms with Gasteiger partial charge in [-0.2, -0.15) is 0 Å². The molecular weight excluding hydrogens is 342 g/mol. The number of hydrogen-bond acceptors (Lipinski definition) is 4. The fourth-order valence-electron chi connectivity index (χ4n) is 8.74. The number of amides is 1. The highest BCUT2D eigenvalue weighted by Crippen LogP contribution is 2.72. The summed E-state index contributed by atoms with van der Waals surface area (Å²) in [6, 6.07) is 0. The molecule has 1 spiro atoms. The van der Waals surface area contributed by atoms with Gasteiger partial charge in [0, 0.05) is 32.0 Å². The molecule has 1 saturated heterocycles. The Morgan fingerprint density at radius 3 is 2.70 bits per heavy atom. The summed E-state index contributed by atoms with van der Waals surface area (Å²) in [7, 11) is 3.32. The number of piperidine rings is 1. The summed E-state index contributed by atoms with van der Waals surface area (Å²) in [5.41, 5.74) is -0.150. The molecule has 0 N–H and O–H groups in total. The maximum Gasteiger partial charge on any atom is 0.409 e. The first-order chi connectivity index (χ1) is 12.9. The predicted octanol–water partition coefficient (Wildman–Crippen LogP) is 3.66. The largest absolute Gasteiger partial charge is 0.453 e. The van der Waals surface area contributed by atoms with E-state index < -0.39 is 0 Å². The normalized spacial score (nSPS) is 50.8. The van der Waals surface area contributed by atoms with E-state index in [-0.39, 0.29) is 28.4 Å². The number of methoxy groups -OCH3 is 2. The molecule has 27 heavy (non-hydrogen) atoms. The summed E-state index contributed by atoms with van der Waals surface area (Å²) in [6.45, 7) is 3.85. The molecule has 6 aliphatic rings. The van der Waals surface area contributed by atoms with E-state index in [1.807, 2.05) is 12.0 Å². The third-order valence-corrected chi connectivity index (χ3v) is 9.43. The van der Waals surface area contributed by atoms with E-state index in [9.17, 15) is 9.59 Å². The van der Waals surface area contributed by atoms with E-state index in [1.165, 1.54) is 26.4 Å². The van der Waals surface area contributed by atoms with Gasteiger partial charge in [0.15, 0.2) is 0 Å². The van der Waals surface area contributed by atoms with Crippen molar-refractivity contribution in [2.75, 3.05) is 27.3 Å². The molecule has 5 aliphatic carbocycles. The van der Waals surface area contributed by atoms with Crippen molar-refractivity contribution in [3.8, 4) is 0 Å². The van der Waals surface area contributed by atoms with Gasteiger partial charge in [-0.05, 0) is 67.1 Å². The van der Waals surface area contributed by atoms with Crippen LogP contribution in [-0.2, 0) is 14.3 Å². The molecule has 0 radical (unpaired) electrons. The summed E-state index contributed by atoms with van der Waals surface area (Å²) in [5, 5.41) is 0. The molecule has 0 aromatic carbocycles. The zero-order valence-electron chi connectivity index (χ0n) is 17.0. The molecule has 7 atom stereocenters. The molecule has 6 rings (SSSR count). The van der Waals surface area contributed by atoms with Gasteiger partial charge < -0.3 is 14.4 Å². The molecule has 0 aromatic heterocycles. The Morgan fingerprint density at radius 2 is 2.00 bits per heavy atom. The monoisotopic (exact) mass is 375 g/mol. The van der Waals surface area contributed by atoms with Crippen molar-refractivity contribution < 1.29 is 19.1 Å². The molecule has 6 fully saturated rings. The van der Waals surface area contributed by atoms with Crippen molar-refractivity contribution in [1.29, 1.82) is 0 Å². The van der Waals surface area contributed by atoms with Gasteiger partial charge >= 0.3 is 6.09 Å². The molecule has 4 bridgehead atoms. The number of ketones is 1. The summed E-state index contributed by atoms with van der Waals surface area (Å²) in [6.07, 6.45) is 8.43. The van der Waals surface area contributed by atoms with Crippen LogP contribution in [0.5, 0.6) is 0 Å². The molecule has 1 aliphatic heterocycles. The van der Waals surface area contributed by atoms with Crippen LogP contribution in [0.4, 0.5) is 4.79 Å². The van der Waals surface area contributed by atoms with E-state index in [1.54, 1.807) is 0 Å². The van der Waals surface area contributed by atoms with Crippen molar-refractivity contribution >= 4 is 11.9 Å². The fraction of sp³-hybridized carbons (Fsp3) is 0.909. The van der Waals surface area contributed by atoms with Crippen LogP contribution >= 0.6 is 0 Å². The Balaban J connectivity index is 1.65. The Hall–Kier alpha value is -1.10. The smallest absolute Gasteiger partial charge is 0.409 e. The molecule has 0 aromatic rings. The van der Waals surface area contributed by atoms with Gasteiger partial charge in [-0.3, -0.25) is 4.79 Å². The van der Waals surface area contributed by atoms with Gasteiger partial charge in [-0.1, -0.05) is 13.3 Å². The van der Waals surface area contributed by atoms with Gasteiger partial charge in [0.2, 0.25) is 0 Å². The first kappa shape index (κ1) is 18.0. The predicted molar refractivity (Wildman–Crippen MR) is 100 cm³/mol.